The van der Waals surface area contributed by atoms with E-state index in [0.29, 0.717) is 35.6 Å². The van der Waals surface area contributed by atoms with E-state index in [1.807, 2.05) is 72.2 Å². The van der Waals surface area contributed by atoms with E-state index in [-0.39, 0.29) is 18.0 Å². The van der Waals surface area contributed by atoms with E-state index in [1.165, 1.54) is 11.8 Å². The van der Waals surface area contributed by atoms with Gasteiger partial charge in [0, 0.05) is 6.54 Å². The number of ether oxygens (including phenoxy) is 2. The summed E-state index contributed by atoms with van der Waals surface area (Å²) in [6.45, 7) is 3.04. The largest absolute Gasteiger partial charge is 0.461 e. The van der Waals surface area contributed by atoms with E-state index < -0.39 is 0 Å². The summed E-state index contributed by atoms with van der Waals surface area (Å²) >= 11 is 1.36. The first-order valence-electron chi connectivity index (χ1n) is 10.5. The maximum absolute atomic E-state index is 12.8. The number of carbonyl (C=O) groups excluding carboxylic acids is 1. The molecular weight excluding hydrogens is 440 g/mol. The minimum absolute atomic E-state index is 0.0912. The molecule has 3 heterocycles. The highest BCUT2D eigenvalue weighted by atomic mass is 32.2. The summed E-state index contributed by atoms with van der Waals surface area (Å²) in [5.41, 5.74) is 2.05. The van der Waals surface area contributed by atoms with Gasteiger partial charge in [0.25, 0.3) is 0 Å². The fourth-order valence-electron chi connectivity index (χ4n) is 3.47. The van der Waals surface area contributed by atoms with Crippen LogP contribution in [-0.4, -0.2) is 32.7 Å². The van der Waals surface area contributed by atoms with E-state index in [2.05, 4.69) is 15.5 Å². The van der Waals surface area contributed by atoms with Crippen molar-refractivity contribution in [3.8, 4) is 23.1 Å². The maximum atomic E-state index is 12.8. The lowest BCUT2D eigenvalue weighted by molar-refractivity contribution is -0.120. The summed E-state index contributed by atoms with van der Waals surface area (Å²) < 4.78 is 18.3. The Balaban J connectivity index is 1.29. The lowest BCUT2D eigenvalue weighted by Gasteiger charge is -2.14. The second-order valence-electron chi connectivity index (χ2n) is 7.52. The predicted octanol–water partition coefficient (Wildman–Crippen LogP) is 4.11. The highest BCUT2D eigenvalue weighted by molar-refractivity contribution is 8.00. The number of nitrogens with zero attached hydrogens (tertiary/aromatic N) is 3. The number of rotatable bonds is 8. The van der Waals surface area contributed by atoms with E-state index in [0.717, 1.165) is 16.9 Å². The molecule has 8 nitrogen and oxygen atoms in total. The Morgan fingerprint density at radius 1 is 1.06 bits per heavy atom. The molecule has 168 valence electrons. The van der Waals surface area contributed by atoms with Crippen molar-refractivity contribution in [2.75, 3.05) is 6.79 Å². The van der Waals surface area contributed by atoms with Gasteiger partial charge in [0.1, 0.15) is 0 Å². The van der Waals surface area contributed by atoms with Crippen molar-refractivity contribution >= 4 is 17.7 Å². The van der Waals surface area contributed by atoms with Crippen LogP contribution >= 0.6 is 11.8 Å². The molecule has 0 spiro atoms. The lowest BCUT2D eigenvalue weighted by atomic mass is 10.2. The van der Waals surface area contributed by atoms with Crippen molar-refractivity contribution in [2.24, 2.45) is 0 Å². The van der Waals surface area contributed by atoms with Gasteiger partial charge < -0.3 is 19.2 Å². The zero-order valence-electron chi connectivity index (χ0n) is 17.9. The Morgan fingerprint density at radius 3 is 2.73 bits per heavy atom. The molecule has 4 aromatic rings. The smallest absolute Gasteiger partial charge is 0.233 e. The standard InChI is InChI=1S/C24H22N4O4S/c1-16(23(29)25-13-18-9-10-19-21(12-18)32-15-31-19)33-24-27-26-22(20-8-5-11-30-20)28(24)14-17-6-3-2-4-7-17/h2-12,16H,13-15H2,1H3,(H,25,29)/t16-/m0/s1. The van der Waals surface area contributed by atoms with Gasteiger partial charge in [-0.05, 0) is 42.3 Å². The molecule has 1 aliphatic rings. The van der Waals surface area contributed by atoms with Crippen molar-refractivity contribution in [2.45, 2.75) is 30.4 Å². The van der Waals surface area contributed by atoms with Crippen LogP contribution in [0.2, 0.25) is 0 Å². The molecule has 0 saturated carbocycles. The van der Waals surface area contributed by atoms with Crippen LogP contribution in [0, 0.1) is 0 Å². The van der Waals surface area contributed by atoms with Crippen LogP contribution < -0.4 is 14.8 Å². The number of nitrogens with one attached hydrogen (secondary N) is 1. The molecule has 2 aromatic heterocycles. The fourth-order valence-corrected chi connectivity index (χ4v) is 4.34. The quantitative estimate of drug-likeness (QED) is 0.394. The third-order valence-electron chi connectivity index (χ3n) is 5.20. The second kappa shape index (κ2) is 9.41. The summed E-state index contributed by atoms with van der Waals surface area (Å²) in [5, 5.41) is 11.9. The van der Waals surface area contributed by atoms with E-state index >= 15 is 0 Å². The lowest BCUT2D eigenvalue weighted by Crippen LogP contribution is -2.30. The van der Waals surface area contributed by atoms with Crippen LogP contribution in [-0.2, 0) is 17.9 Å². The van der Waals surface area contributed by atoms with Crippen LogP contribution in [0.25, 0.3) is 11.6 Å². The molecule has 1 N–H and O–H groups in total. The van der Waals surface area contributed by atoms with Crippen molar-refractivity contribution in [1.82, 2.24) is 20.1 Å². The first-order valence-corrected chi connectivity index (χ1v) is 11.4. The highest BCUT2D eigenvalue weighted by Gasteiger charge is 2.22. The zero-order chi connectivity index (χ0) is 22.6. The van der Waals surface area contributed by atoms with Gasteiger partial charge in [0.15, 0.2) is 22.4 Å². The molecule has 1 amide bonds. The summed E-state index contributed by atoms with van der Waals surface area (Å²) in [6, 6.07) is 19.4. The summed E-state index contributed by atoms with van der Waals surface area (Å²) in [7, 11) is 0. The number of benzene rings is 2. The van der Waals surface area contributed by atoms with Crippen LogP contribution in [0.1, 0.15) is 18.1 Å². The molecular formula is C24H22N4O4S. The first kappa shape index (κ1) is 21.1. The Kier molecular flexibility index (Phi) is 6.03. The SMILES string of the molecule is C[C@H](Sc1nnc(-c2ccco2)n1Cc1ccccc1)C(=O)NCc1ccc2c(c1)OCO2. The monoisotopic (exact) mass is 462 g/mol. The average molecular weight is 463 g/mol. The van der Waals surface area contributed by atoms with Gasteiger partial charge in [-0.2, -0.15) is 0 Å². The molecule has 0 fully saturated rings. The van der Waals surface area contributed by atoms with Gasteiger partial charge in [-0.15, -0.1) is 10.2 Å². The van der Waals surface area contributed by atoms with E-state index in [4.69, 9.17) is 13.9 Å². The van der Waals surface area contributed by atoms with Crippen LogP contribution in [0.5, 0.6) is 11.5 Å². The number of fused-ring (bicyclic) bond motifs is 1. The molecule has 0 bridgehead atoms. The Morgan fingerprint density at radius 2 is 1.91 bits per heavy atom. The molecule has 0 radical (unpaired) electrons. The summed E-state index contributed by atoms with van der Waals surface area (Å²) in [4.78, 5) is 12.8. The molecule has 2 aromatic carbocycles. The van der Waals surface area contributed by atoms with Gasteiger partial charge >= 0.3 is 0 Å². The van der Waals surface area contributed by atoms with Crippen LogP contribution in [0.3, 0.4) is 0 Å². The minimum atomic E-state index is -0.373. The molecule has 33 heavy (non-hydrogen) atoms. The minimum Gasteiger partial charge on any atom is -0.461 e. The predicted molar refractivity (Wildman–Crippen MR) is 123 cm³/mol. The number of amides is 1. The van der Waals surface area contributed by atoms with Crippen molar-refractivity contribution in [3.05, 3.63) is 78.1 Å². The number of hydrogen-bond acceptors (Lipinski definition) is 7. The molecule has 9 heteroatoms. The summed E-state index contributed by atoms with van der Waals surface area (Å²) in [6.07, 6.45) is 1.61. The van der Waals surface area contributed by atoms with Crippen LogP contribution in [0.15, 0.2) is 76.5 Å². The number of thioether (sulfide) groups is 1. The average Bonchev–Trinajstić information content (AvgIpc) is 3.59. The Labute approximate surface area is 194 Å². The zero-order valence-corrected chi connectivity index (χ0v) is 18.7. The van der Waals surface area contributed by atoms with Gasteiger partial charge in [-0.25, -0.2) is 0 Å². The normalized spacial score (nSPS) is 13.1. The van der Waals surface area contributed by atoms with Gasteiger partial charge in [0.2, 0.25) is 18.5 Å². The van der Waals surface area contributed by atoms with Crippen LogP contribution in [0.4, 0.5) is 0 Å². The number of carbonyl (C=O) groups is 1. The number of hydrogen-bond donors (Lipinski definition) is 1. The van der Waals surface area contributed by atoms with Gasteiger partial charge in [-0.1, -0.05) is 48.2 Å². The van der Waals surface area contributed by atoms with Crippen molar-refractivity contribution in [1.29, 1.82) is 0 Å². The molecule has 0 unspecified atom stereocenters. The van der Waals surface area contributed by atoms with E-state index in [1.54, 1.807) is 6.26 Å². The first-order chi connectivity index (χ1) is 16.2. The van der Waals surface area contributed by atoms with Crippen molar-refractivity contribution in [3.63, 3.8) is 0 Å². The van der Waals surface area contributed by atoms with Crippen molar-refractivity contribution < 1.29 is 18.7 Å². The number of furan rings is 1. The molecule has 5 rings (SSSR count). The summed E-state index contributed by atoms with van der Waals surface area (Å²) in [5.74, 6) is 2.58. The molecule has 1 aliphatic heterocycles. The van der Waals surface area contributed by atoms with E-state index in [9.17, 15) is 4.79 Å². The third-order valence-corrected chi connectivity index (χ3v) is 6.28. The second-order valence-corrected chi connectivity index (χ2v) is 8.83. The Bertz CT molecular complexity index is 1240. The third kappa shape index (κ3) is 4.73. The maximum Gasteiger partial charge on any atom is 0.233 e. The topological polar surface area (TPSA) is 91.4 Å². The number of aromatic nitrogens is 3. The molecule has 1 atom stereocenters. The highest BCUT2D eigenvalue weighted by Crippen LogP contribution is 2.32. The fraction of sp³-hybridized carbons (Fsp3) is 0.208. The Hall–Kier alpha value is -3.72. The molecule has 0 saturated heterocycles. The molecule has 0 aliphatic carbocycles. The van der Waals surface area contributed by atoms with Gasteiger partial charge in [-0.3, -0.25) is 9.36 Å². The van der Waals surface area contributed by atoms with Gasteiger partial charge in [0.05, 0.1) is 18.1 Å².